The lowest BCUT2D eigenvalue weighted by Gasteiger charge is -2.36. The molecular formula is C19H20ClF4N3O6S3. The maximum Gasteiger partial charge on any atom is 0.511 e. The summed E-state index contributed by atoms with van der Waals surface area (Å²) in [5.41, 5.74) is -7.82. The van der Waals surface area contributed by atoms with Gasteiger partial charge in [-0.1, -0.05) is 17.7 Å². The number of hydrogen-bond acceptors (Lipinski definition) is 7. The summed E-state index contributed by atoms with van der Waals surface area (Å²) in [5.74, 6) is 0. The van der Waals surface area contributed by atoms with Crippen LogP contribution in [0.5, 0.6) is 0 Å². The number of piperidine rings is 1. The SMILES string of the molecule is Cc1cc(S(=O)(=O)c2ccccn2)c(S(=O)(=O)N2CCC(F)(CNS(=O)(=O)C(F)(F)F)CC2)cc1Cl. The highest BCUT2D eigenvalue weighted by Crippen LogP contribution is 2.36. The van der Waals surface area contributed by atoms with Crippen molar-refractivity contribution in [2.75, 3.05) is 19.6 Å². The van der Waals surface area contributed by atoms with Crippen LogP contribution in [-0.4, -0.2) is 65.4 Å². The minimum absolute atomic E-state index is 0.0491. The van der Waals surface area contributed by atoms with Crippen molar-refractivity contribution in [1.82, 2.24) is 14.0 Å². The lowest BCUT2D eigenvalue weighted by Crippen LogP contribution is -2.51. The molecule has 0 radical (unpaired) electrons. The van der Waals surface area contributed by atoms with Crippen LogP contribution in [0.4, 0.5) is 17.6 Å². The van der Waals surface area contributed by atoms with Gasteiger partial charge in [0, 0.05) is 30.9 Å². The first kappa shape index (κ1) is 28.7. The molecule has 0 amide bonds. The van der Waals surface area contributed by atoms with Gasteiger partial charge in [0.2, 0.25) is 19.9 Å². The summed E-state index contributed by atoms with van der Waals surface area (Å²) in [7, 11) is -14.8. The average Bonchev–Trinajstić information content (AvgIpc) is 2.79. The van der Waals surface area contributed by atoms with E-state index in [2.05, 4.69) is 4.98 Å². The number of rotatable bonds is 7. The normalized spacial score (nSPS) is 17.7. The zero-order valence-corrected chi connectivity index (χ0v) is 21.7. The van der Waals surface area contributed by atoms with Crippen LogP contribution in [0.25, 0.3) is 0 Å². The molecule has 1 aliphatic heterocycles. The van der Waals surface area contributed by atoms with Crippen LogP contribution in [0, 0.1) is 6.92 Å². The Morgan fingerprint density at radius 1 is 1.06 bits per heavy atom. The fourth-order valence-electron chi connectivity index (χ4n) is 3.42. The molecule has 200 valence electrons. The molecule has 2 heterocycles. The number of sulfone groups is 1. The second-order valence-corrected chi connectivity index (χ2v) is 14.0. The number of sulfonamides is 2. The van der Waals surface area contributed by atoms with E-state index >= 15 is 4.39 Å². The molecule has 9 nitrogen and oxygen atoms in total. The van der Waals surface area contributed by atoms with Gasteiger partial charge in [0.25, 0.3) is 0 Å². The van der Waals surface area contributed by atoms with Gasteiger partial charge in [0.15, 0.2) is 5.03 Å². The summed E-state index contributed by atoms with van der Waals surface area (Å²) in [6, 6.07) is 6.08. The third-order valence-electron chi connectivity index (χ3n) is 5.55. The van der Waals surface area contributed by atoms with Gasteiger partial charge >= 0.3 is 15.5 Å². The molecule has 1 N–H and O–H groups in total. The molecule has 1 saturated heterocycles. The van der Waals surface area contributed by atoms with Crippen LogP contribution in [0.1, 0.15) is 18.4 Å². The van der Waals surface area contributed by atoms with E-state index in [1.165, 1.54) is 31.3 Å². The van der Waals surface area contributed by atoms with E-state index in [9.17, 15) is 38.4 Å². The molecule has 0 bridgehead atoms. The van der Waals surface area contributed by atoms with Crippen molar-refractivity contribution in [1.29, 1.82) is 0 Å². The zero-order chi connectivity index (χ0) is 27.2. The van der Waals surface area contributed by atoms with Crippen molar-refractivity contribution in [3.05, 3.63) is 47.1 Å². The molecular weight excluding hydrogens is 574 g/mol. The Bertz CT molecular complexity index is 1460. The first-order chi connectivity index (χ1) is 16.4. The minimum Gasteiger partial charge on any atom is -0.244 e. The van der Waals surface area contributed by atoms with E-state index in [-0.39, 0.29) is 10.6 Å². The van der Waals surface area contributed by atoms with Crippen molar-refractivity contribution in [3.63, 3.8) is 0 Å². The van der Waals surface area contributed by atoms with E-state index in [0.29, 0.717) is 0 Å². The van der Waals surface area contributed by atoms with E-state index in [1.807, 2.05) is 0 Å². The number of nitrogens with one attached hydrogen (secondary N) is 1. The zero-order valence-electron chi connectivity index (χ0n) is 18.5. The maximum atomic E-state index is 15.0. The van der Waals surface area contributed by atoms with Crippen LogP contribution in [0.2, 0.25) is 5.02 Å². The van der Waals surface area contributed by atoms with Gasteiger partial charge in [0.05, 0.1) is 4.90 Å². The number of benzene rings is 1. The van der Waals surface area contributed by atoms with Crippen molar-refractivity contribution in [2.45, 2.75) is 45.8 Å². The first-order valence-electron chi connectivity index (χ1n) is 10.1. The molecule has 0 saturated carbocycles. The molecule has 3 rings (SSSR count). The second-order valence-electron chi connectivity index (χ2n) is 8.04. The van der Waals surface area contributed by atoms with Crippen LogP contribution in [0.3, 0.4) is 0 Å². The molecule has 1 aromatic heterocycles. The Hall–Kier alpha value is -1.85. The Labute approximate surface area is 210 Å². The molecule has 0 unspecified atom stereocenters. The van der Waals surface area contributed by atoms with Crippen molar-refractivity contribution >= 4 is 41.5 Å². The monoisotopic (exact) mass is 593 g/mol. The number of nitrogens with zero attached hydrogens (tertiary/aromatic N) is 2. The van der Waals surface area contributed by atoms with Crippen molar-refractivity contribution in [2.24, 2.45) is 0 Å². The highest BCUT2D eigenvalue weighted by atomic mass is 35.5. The lowest BCUT2D eigenvalue weighted by atomic mass is 9.95. The highest BCUT2D eigenvalue weighted by Gasteiger charge is 2.48. The number of aromatic nitrogens is 1. The summed E-state index contributed by atoms with van der Waals surface area (Å²) in [6.07, 6.45) is -0.0780. The van der Waals surface area contributed by atoms with E-state index in [4.69, 9.17) is 11.6 Å². The standard InChI is InChI=1S/C19H20ClF4N3O6S3/c1-13-10-15(34(28,29)17-4-2-3-7-25-17)16(11-14(13)20)35(30,31)27-8-5-18(21,6-9-27)12-26-36(32,33)19(22,23)24/h2-4,7,10-11,26H,5-6,8-9,12H2,1H3. The first-order valence-corrected chi connectivity index (χ1v) is 14.9. The van der Waals surface area contributed by atoms with E-state index in [0.717, 1.165) is 21.2 Å². The molecule has 1 aliphatic rings. The quantitative estimate of drug-likeness (QED) is 0.489. The molecule has 1 aromatic carbocycles. The van der Waals surface area contributed by atoms with Gasteiger partial charge in [-0.2, -0.15) is 17.5 Å². The largest absolute Gasteiger partial charge is 0.511 e. The number of hydrogen-bond donors (Lipinski definition) is 1. The smallest absolute Gasteiger partial charge is 0.244 e. The summed E-state index contributed by atoms with van der Waals surface area (Å²) in [4.78, 5) is 2.50. The second kappa shape index (κ2) is 9.79. The summed E-state index contributed by atoms with van der Waals surface area (Å²) in [6.45, 7) is -0.850. The summed E-state index contributed by atoms with van der Waals surface area (Å²) >= 11 is 6.08. The number of alkyl halides is 4. The van der Waals surface area contributed by atoms with Crippen LogP contribution < -0.4 is 4.72 Å². The lowest BCUT2D eigenvalue weighted by molar-refractivity contribution is -0.0452. The minimum atomic E-state index is -5.79. The Kier molecular flexibility index (Phi) is 7.81. The summed E-state index contributed by atoms with van der Waals surface area (Å²) in [5, 5.41) is -0.464. The van der Waals surface area contributed by atoms with Crippen molar-refractivity contribution in [3.8, 4) is 0 Å². The molecule has 1 fully saturated rings. The molecule has 17 heteroatoms. The van der Waals surface area contributed by atoms with Crippen molar-refractivity contribution < 1.29 is 42.8 Å². The third-order valence-corrected chi connectivity index (χ3v) is 10.9. The average molecular weight is 594 g/mol. The van der Waals surface area contributed by atoms with Gasteiger partial charge in [-0.25, -0.2) is 39.3 Å². The maximum absolute atomic E-state index is 15.0. The van der Waals surface area contributed by atoms with Gasteiger partial charge < -0.3 is 0 Å². The Morgan fingerprint density at radius 3 is 2.19 bits per heavy atom. The van der Waals surface area contributed by atoms with Crippen LogP contribution in [0.15, 0.2) is 51.3 Å². The van der Waals surface area contributed by atoms with Gasteiger partial charge in [0.1, 0.15) is 10.6 Å². The topological polar surface area (TPSA) is 131 Å². The van der Waals surface area contributed by atoms with Gasteiger partial charge in [-0.05, 0) is 49.6 Å². The number of aryl methyl sites for hydroxylation is 1. The van der Waals surface area contributed by atoms with Crippen LogP contribution in [-0.2, 0) is 29.9 Å². The predicted octanol–water partition coefficient (Wildman–Crippen LogP) is 2.81. The van der Waals surface area contributed by atoms with E-state index in [1.54, 1.807) is 0 Å². The Morgan fingerprint density at radius 2 is 1.67 bits per heavy atom. The third kappa shape index (κ3) is 5.67. The molecule has 0 aliphatic carbocycles. The number of halogens is 5. The predicted molar refractivity (Wildman–Crippen MR) is 121 cm³/mol. The Balaban J connectivity index is 1.91. The fourth-order valence-corrected chi connectivity index (χ4v) is 7.76. The van der Waals surface area contributed by atoms with Gasteiger partial charge in [-0.3, -0.25) is 0 Å². The fraction of sp³-hybridized carbons (Fsp3) is 0.421. The molecule has 2 aromatic rings. The van der Waals surface area contributed by atoms with Gasteiger partial charge in [-0.15, -0.1) is 0 Å². The number of pyridine rings is 1. The van der Waals surface area contributed by atoms with Crippen LogP contribution >= 0.6 is 11.6 Å². The van der Waals surface area contributed by atoms with E-state index < -0.39 is 88.4 Å². The molecule has 0 atom stereocenters. The highest BCUT2D eigenvalue weighted by molar-refractivity contribution is 7.93. The molecule has 0 spiro atoms. The molecule has 36 heavy (non-hydrogen) atoms. The summed E-state index contributed by atoms with van der Waals surface area (Å²) < 4.78 is 130.